The quantitative estimate of drug-likeness (QED) is 0.634. The Hall–Kier alpha value is -1.62. The number of aryl methyl sites for hydroxylation is 1. The van der Waals surface area contributed by atoms with Crippen LogP contribution in [0.5, 0.6) is 0 Å². The van der Waals surface area contributed by atoms with E-state index in [1.54, 1.807) is 0 Å². The van der Waals surface area contributed by atoms with Crippen molar-refractivity contribution in [3.63, 3.8) is 0 Å². The second-order valence-electron chi connectivity index (χ2n) is 6.31. The van der Waals surface area contributed by atoms with E-state index in [2.05, 4.69) is 28.7 Å². The number of carbonyl (C=O) groups excluding carboxylic acids is 1. The van der Waals surface area contributed by atoms with Gasteiger partial charge in [0.25, 0.3) is 0 Å². The molecule has 3 rings (SSSR count). The molecular formula is C18H23N3OS. The summed E-state index contributed by atoms with van der Waals surface area (Å²) in [4.78, 5) is 23.7. The molecule has 122 valence electrons. The van der Waals surface area contributed by atoms with E-state index < -0.39 is 0 Å². The largest absolute Gasteiger partial charge is 0.337 e. The maximum atomic E-state index is 12.7. The number of nitrogens with zero attached hydrogens (tertiary/aromatic N) is 3. The second-order valence-corrected chi connectivity index (χ2v) is 7.28. The zero-order chi connectivity index (χ0) is 16.4. The predicted octanol–water partition coefficient (Wildman–Crippen LogP) is 3.82. The monoisotopic (exact) mass is 329 g/mol. The Morgan fingerprint density at radius 1 is 1.22 bits per heavy atom. The fourth-order valence-corrected chi connectivity index (χ4v) is 4.32. The summed E-state index contributed by atoms with van der Waals surface area (Å²) >= 11 is 1.53. The number of benzene rings is 1. The molecule has 0 radical (unpaired) electrons. The first-order valence-corrected chi connectivity index (χ1v) is 9.22. The summed E-state index contributed by atoms with van der Waals surface area (Å²) in [5.74, 6) is 1.41. The Morgan fingerprint density at radius 2 is 1.91 bits per heavy atom. The lowest BCUT2D eigenvalue weighted by Crippen LogP contribution is -2.48. The van der Waals surface area contributed by atoms with E-state index in [1.807, 2.05) is 31.2 Å². The Labute approximate surface area is 141 Å². The molecule has 1 fully saturated rings. The van der Waals surface area contributed by atoms with E-state index >= 15 is 0 Å². The number of piperidine rings is 1. The third-order valence-corrected chi connectivity index (χ3v) is 5.47. The molecule has 1 aromatic heterocycles. The smallest absolute Gasteiger partial charge is 0.233 e. The normalized spacial score (nSPS) is 21.6. The third-order valence-electron chi connectivity index (χ3n) is 4.49. The molecule has 2 unspecified atom stereocenters. The van der Waals surface area contributed by atoms with Crippen molar-refractivity contribution in [1.82, 2.24) is 14.9 Å². The molecule has 2 heterocycles. The van der Waals surface area contributed by atoms with E-state index in [9.17, 15) is 4.79 Å². The molecule has 0 bridgehead atoms. The maximum absolute atomic E-state index is 12.7. The van der Waals surface area contributed by atoms with Gasteiger partial charge in [0, 0.05) is 17.5 Å². The maximum Gasteiger partial charge on any atom is 0.233 e. The number of hydrogen-bond acceptors (Lipinski definition) is 4. The number of aromatic nitrogens is 2. The van der Waals surface area contributed by atoms with Gasteiger partial charge < -0.3 is 4.90 Å². The summed E-state index contributed by atoms with van der Waals surface area (Å²) in [6.45, 7) is 6.21. The number of fused-ring (bicyclic) bond motifs is 1. The number of rotatable bonds is 3. The standard InChI is InChI=1S/C18H23N3OS/c1-12-7-6-8-13(2)21(12)17(22)11-23-18-15-9-4-5-10-16(15)19-14(3)20-18/h4-5,9-10,12-13H,6-8,11H2,1-3H3. The van der Waals surface area contributed by atoms with E-state index in [-0.39, 0.29) is 5.91 Å². The molecule has 1 aromatic carbocycles. The van der Waals surface area contributed by atoms with Crippen LogP contribution in [0.4, 0.5) is 0 Å². The van der Waals surface area contributed by atoms with Gasteiger partial charge in [0.05, 0.1) is 11.3 Å². The third kappa shape index (κ3) is 3.50. The van der Waals surface area contributed by atoms with Crippen molar-refractivity contribution in [2.75, 3.05) is 5.75 Å². The van der Waals surface area contributed by atoms with Crippen molar-refractivity contribution in [1.29, 1.82) is 0 Å². The van der Waals surface area contributed by atoms with Crippen LogP contribution in [0.3, 0.4) is 0 Å². The lowest BCUT2D eigenvalue weighted by Gasteiger charge is -2.39. The van der Waals surface area contributed by atoms with E-state index in [0.717, 1.165) is 34.6 Å². The number of likely N-dealkylation sites (tertiary alicyclic amines) is 1. The first-order chi connectivity index (χ1) is 11.1. The minimum Gasteiger partial charge on any atom is -0.337 e. The molecule has 2 aromatic rings. The SMILES string of the molecule is Cc1nc(SCC(=O)N2C(C)CCCC2C)c2ccccc2n1. The average molecular weight is 329 g/mol. The summed E-state index contributed by atoms with van der Waals surface area (Å²) in [5, 5.41) is 1.93. The van der Waals surface area contributed by atoms with E-state index in [1.165, 1.54) is 18.2 Å². The fourth-order valence-electron chi connectivity index (χ4n) is 3.39. The van der Waals surface area contributed by atoms with Crippen molar-refractivity contribution < 1.29 is 4.79 Å². The van der Waals surface area contributed by atoms with Crippen LogP contribution in [-0.2, 0) is 4.79 Å². The second kappa shape index (κ2) is 6.87. The Balaban J connectivity index is 1.77. The minimum absolute atomic E-state index is 0.218. The molecule has 1 amide bonds. The van der Waals surface area contributed by atoms with Crippen LogP contribution in [0.25, 0.3) is 10.9 Å². The van der Waals surface area contributed by atoms with Crippen LogP contribution in [0, 0.1) is 6.92 Å². The highest BCUT2D eigenvalue weighted by atomic mass is 32.2. The Kier molecular flexibility index (Phi) is 4.85. The van der Waals surface area contributed by atoms with Crippen LogP contribution < -0.4 is 0 Å². The van der Waals surface area contributed by atoms with Crippen LogP contribution in [0.2, 0.25) is 0 Å². The van der Waals surface area contributed by atoms with Crippen LogP contribution >= 0.6 is 11.8 Å². The molecule has 0 aliphatic carbocycles. The van der Waals surface area contributed by atoms with Gasteiger partial charge in [-0.15, -0.1) is 0 Å². The number of hydrogen-bond donors (Lipinski definition) is 0. The molecular weight excluding hydrogens is 306 g/mol. The van der Waals surface area contributed by atoms with Crippen molar-refractivity contribution in [3.8, 4) is 0 Å². The van der Waals surface area contributed by atoms with Gasteiger partial charge in [-0.05, 0) is 46.1 Å². The molecule has 5 heteroatoms. The summed E-state index contributed by atoms with van der Waals surface area (Å²) in [6, 6.07) is 8.66. The molecule has 1 aliphatic heterocycles. The van der Waals surface area contributed by atoms with Crippen molar-refractivity contribution in [2.24, 2.45) is 0 Å². The highest BCUT2D eigenvalue weighted by Crippen LogP contribution is 2.28. The summed E-state index contributed by atoms with van der Waals surface area (Å²) in [6.07, 6.45) is 3.43. The van der Waals surface area contributed by atoms with Crippen LogP contribution in [0.1, 0.15) is 38.9 Å². The van der Waals surface area contributed by atoms with Crippen molar-refractivity contribution >= 4 is 28.6 Å². The predicted molar refractivity (Wildman–Crippen MR) is 94.6 cm³/mol. The average Bonchev–Trinajstić information content (AvgIpc) is 2.52. The fraction of sp³-hybridized carbons (Fsp3) is 0.500. The number of para-hydroxylation sites is 1. The molecule has 1 aliphatic rings. The molecule has 2 atom stereocenters. The summed E-state index contributed by atoms with van der Waals surface area (Å²) < 4.78 is 0. The molecule has 0 N–H and O–H groups in total. The minimum atomic E-state index is 0.218. The van der Waals surface area contributed by atoms with Crippen molar-refractivity contribution in [2.45, 2.75) is 57.1 Å². The van der Waals surface area contributed by atoms with Crippen LogP contribution in [0.15, 0.2) is 29.3 Å². The van der Waals surface area contributed by atoms with E-state index in [4.69, 9.17) is 0 Å². The van der Waals surface area contributed by atoms with Gasteiger partial charge >= 0.3 is 0 Å². The Morgan fingerprint density at radius 3 is 2.65 bits per heavy atom. The first-order valence-electron chi connectivity index (χ1n) is 8.23. The number of carbonyl (C=O) groups is 1. The van der Waals surface area contributed by atoms with Gasteiger partial charge in [-0.25, -0.2) is 9.97 Å². The van der Waals surface area contributed by atoms with Gasteiger partial charge in [0.1, 0.15) is 10.9 Å². The molecule has 0 saturated carbocycles. The van der Waals surface area contributed by atoms with Crippen LogP contribution in [-0.4, -0.2) is 38.6 Å². The van der Waals surface area contributed by atoms with Gasteiger partial charge in [0.15, 0.2) is 0 Å². The van der Waals surface area contributed by atoms with E-state index in [0.29, 0.717) is 17.8 Å². The summed E-state index contributed by atoms with van der Waals surface area (Å²) in [7, 11) is 0. The highest BCUT2D eigenvalue weighted by molar-refractivity contribution is 8.00. The van der Waals surface area contributed by atoms with Gasteiger partial charge in [-0.2, -0.15) is 0 Å². The topological polar surface area (TPSA) is 46.1 Å². The zero-order valence-electron chi connectivity index (χ0n) is 14.0. The number of amides is 1. The molecule has 0 spiro atoms. The lowest BCUT2D eigenvalue weighted by molar-refractivity contribution is -0.134. The zero-order valence-corrected chi connectivity index (χ0v) is 14.8. The first kappa shape index (κ1) is 16.2. The van der Waals surface area contributed by atoms with Gasteiger partial charge in [-0.1, -0.05) is 30.0 Å². The molecule has 1 saturated heterocycles. The molecule has 23 heavy (non-hydrogen) atoms. The van der Waals surface area contributed by atoms with Crippen molar-refractivity contribution in [3.05, 3.63) is 30.1 Å². The van der Waals surface area contributed by atoms with Gasteiger partial charge in [0.2, 0.25) is 5.91 Å². The molecule has 4 nitrogen and oxygen atoms in total. The lowest BCUT2D eigenvalue weighted by atomic mass is 9.98. The Bertz CT molecular complexity index is 708. The van der Waals surface area contributed by atoms with Gasteiger partial charge in [-0.3, -0.25) is 4.79 Å². The highest BCUT2D eigenvalue weighted by Gasteiger charge is 2.28. The summed E-state index contributed by atoms with van der Waals surface area (Å²) in [5.41, 5.74) is 0.939. The number of thioether (sulfide) groups is 1.